The third-order valence-electron chi connectivity index (χ3n) is 7.30. The van der Waals surface area contributed by atoms with Gasteiger partial charge in [-0.3, -0.25) is 9.13 Å². The first-order chi connectivity index (χ1) is 20.0. The summed E-state index contributed by atoms with van der Waals surface area (Å²) in [4.78, 5) is 49.9. The van der Waals surface area contributed by atoms with E-state index in [2.05, 4.69) is 41.4 Å². The smallest absolute Gasteiger partial charge is 0.369 e. The van der Waals surface area contributed by atoms with Crippen molar-refractivity contribution in [3.05, 3.63) is 12.7 Å². The maximum atomic E-state index is 12.5. The van der Waals surface area contributed by atoms with Crippen LogP contribution in [0.5, 0.6) is 0 Å². The second-order valence-corrected chi connectivity index (χ2v) is 9.54. The van der Waals surface area contributed by atoms with Crippen molar-refractivity contribution in [2.45, 2.75) is 90.9 Å². The second-order valence-electron chi connectivity index (χ2n) is 9.54. The highest BCUT2D eigenvalue weighted by Gasteiger charge is 2.46. The van der Waals surface area contributed by atoms with Gasteiger partial charge < -0.3 is 18.9 Å². The zero-order valence-corrected chi connectivity index (χ0v) is 24.0. The van der Waals surface area contributed by atoms with Gasteiger partial charge in [-0.15, -0.1) is 20.4 Å². The minimum Gasteiger partial charge on any atom is -0.418 e. The Labute approximate surface area is 239 Å². The number of esters is 4. The Morgan fingerprint density at radius 3 is 1.26 bits per heavy atom. The lowest BCUT2D eigenvalue weighted by molar-refractivity contribution is -0.231. The first-order valence-corrected chi connectivity index (χ1v) is 13.4. The molecule has 4 rings (SSSR count). The summed E-state index contributed by atoms with van der Waals surface area (Å²) < 4.78 is 24.5. The molecule has 0 radical (unpaired) electrons. The highest BCUT2D eigenvalue weighted by Crippen LogP contribution is 2.30. The predicted molar refractivity (Wildman–Crippen MR) is 143 cm³/mol. The van der Waals surface area contributed by atoms with Crippen molar-refractivity contribution >= 4 is 47.2 Å². The molecular weight excluding hydrogens is 556 g/mol. The van der Waals surface area contributed by atoms with Crippen molar-refractivity contribution in [2.24, 2.45) is 10.2 Å². The minimum atomic E-state index is -1.32. The number of cyclic esters (lactones) is 4. The third kappa shape index (κ3) is 5.64. The number of hydrazone groups is 2. The van der Waals surface area contributed by atoms with Crippen molar-refractivity contribution in [1.82, 2.24) is 29.5 Å². The Kier molecular flexibility index (Phi) is 8.53. The van der Waals surface area contributed by atoms with Crippen LogP contribution in [0.25, 0.3) is 0 Å². The number of rotatable bonds is 11. The molecule has 2 atom stereocenters. The van der Waals surface area contributed by atoms with E-state index >= 15 is 0 Å². The zero-order chi connectivity index (χ0) is 30.7. The summed E-state index contributed by atoms with van der Waals surface area (Å²) in [6.45, 7) is 10.6. The molecule has 18 nitrogen and oxygen atoms in total. The number of hydrogen-bond donors (Lipinski definition) is 2. The van der Waals surface area contributed by atoms with Gasteiger partial charge in [0, 0.05) is 25.7 Å². The molecule has 226 valence electrons. The van der Waals surface area contributed by atoms with Crippen LogP contribution < -0.4 is 10.9 Å². The third-order valence-corrected chi connectivity index (χ3v) is 7.30. The van der Waals surface area contributed by atoms with E-state index < -0.39 is 59.0 Å². The number of anilines is 2. The van der Waals surface area contributed by atoms with Crippen molar-refractivity contribution in [1.29, 1.82) is 0 Å². The molecule has 42 heavy (non-hydrogen) atoms. The van der Waals surface area contributed by atoms with Crippen LogP contribution in [-0.4, -0.2) is 76.4 Å². The maximum absolute atomic E-state index is 12.5. The normalized spacial score (nSPS) is 19.2. The second kappa shape index (κ2) is 11.9. The van der Waals surface area contributed by atoms with E-state index in [0.717, 1.165) is 0 Å². The minimum absolute atomic E-state index is 0.108. The van der Waals surface area contributed by atoms with Crippen LogP contribution in [0.15, 0.2) is 22.9 Å². The fraction of sp³-hybridized carbons (Fsp3) is 0.583. The molecule has 18 heteroatoms. The molecule has 2 saturated heterocycles. The van der Waals surface area contributed by atoms with Crippen molar-refractivity contribution < 1.29 is 38.1 Å². The molecule has 2 aliphatic rings. The molecule has 0 aliphatic carbocycles. The molecule has 2 aliphatic heterocycles. The standard InChI is InChI=1S/C24H32N10O8/c1-7-23(8-2)39-17(35)15(18(36)40-23)27-31-21-29-25-11-33(21)13(5)14(6)34-12-26-30-22(34)32-28-16-19(37)41-24(9-3,10-4)42-20(16)38/h11-14H,7-10H2,1-6H3,(H,29,31)(H,30,32). The quantitative estimate of drug-likeness (QED) is 0.281. The molecule has 0 amide bonds. The number of hydrogen-bond acceptors (Lipinski definition) is 16. The molecule has 0 bridgehead atoms. The number of carbonyl (C=O) groups excluding carboxylic acids is 4. The van der Waals surface area contributed by atoms with Gasteiger partial charge in [-0.1, -0.05) is 27.7 Å². The van der Waals surface area contributed by atoms with Crippen LogP contribution >= 0.6 is 0 Å². The fourth-order valence-electron chi connectivity index (χ4n) is 4.26. The van der Waals surface area contributed by atoms with Crippen molar-refractivity contribution in [3.63, 3.8) is 0 Å². The highest BCUT2D eigenvalue weighted by atomic mass is 16.8. The summed E-state index contributed by atoms with van der Waals surface area (Å²) in [5.74, 6) is -6.10. The first kappa shape index (κ1) is 30.1. The Bertz CT molecular complexity index is 1270. The first-order valence-electron chi connectivity index (χ1n) is 13.4. The Hall–Kier alpha value is -4.90. The molecule has 2 fully saturated rings. The largest absolute Gasteiger partial charge is 0.418 e. The average molecular weight is 589 g/mol. The highest BCUT2D eigenvalue weighted by molar-refractivity contribution is 6.63. The molecule has 0 saturated carbocycles. The van der Waals surface area contributed by atoms with Gasteiger partial charge in [0.25, 0.3) is 23.0 Å². The predicted octanol–water partition coefficient (Wildman–Crippen LogP) is 1.46. The van der Waals surface area contributed by atoms with E-state index in [9.17, 15) is 19.2 Å². The Balaban J connectivity index is 1.47. The summed E-state index contributed by atoms with van der Waals surface area (Å²) in [5, 5.41) is 23.4. The number of ether oxygens (including phenoxy) is 4. The maximum Gasteiger partial charge on any atom is 0.369 e. The Morgan fingerprint density at radius 2 is 0.976 bits per heavy atom. The van der Waals surface area contributed by atoms with E-state index in [-0.39, 0.29) is 11.9 Å². The molecule has 2 unspecified atom stereocenters. The van der Waals surface area contributed by atoms with E-state index in [1.54, 1.807) is 36.8 Å². The molecule has 0 aromatic carbocycles. The lowest BCUT2D eigenvalue weighted by Crippen LogP contribution is -2.50. The van der Waals surface area contributed by atoms with Gasteiger partial charge in [-0.25, -0.2) is 30.0 Å². The lowest BCUT2D eigenvalue weighted by atomic mass is 10.1. The SMILES string of the molecule is CCC1(CC)OC(=O)C(=NNc2nncn2C(C)C(C)n2cnnc2NN=C2C(=O)OC(CC)(CC)OC2=O)C(=O)O1. The van der Waals surface area contributed by atoms with Gasteiger partial charge >= 0.3 is 23.9 Å². The van der Waals surface area contributed by atoms with Crippen molar-refractivity contribution in [3.8, 4) is 0 Å². The summed E-state index contributed by atoms with van der Waals surface area (Å²) >= 11 is 0. The van der Waals surface area contributed by atoms with Crippen LogP contribution in [0.4, 0.5) is 11.9 Å². The van der Waals surface area contributed by atoms with Crippen LogP contribution in [0.2, 0.25) is 0 Å². The van der Waals surface area contributed by atoms with Gasteiger partial charge in [0.05, 0.1) is 12.1 Å². The topological polar surface area (TPSA) is 215 Å². The fourth-order valence-corrected chi connectivity index (χ4v) is 4.26. The van der Waals surface area contributed by atoms with Gasteiger partial charge in [-0.2, -0.15) is 10.2 Å². The van der Waals surface area contributed by atoms with E-state index in [0.29, 0.717) is 25.7 Å². The molecular formula is C24H32N10O8. The van der Waals surface area contributed by atoms with Crippen LogP contribution in [-0.2, 0) is 38.1 Å². The molecule has 4 heterocycles. The van der Waals surface area contributed by atoms with Gasteiger partial charge in [0.2, 0.25) is 11.9 Å². The summed E-state index contributed by atoms with van der Waals surface area (Å²) in [5.41, 5.74) is 4.01. The number of nitrogens with zero attached hydrogens (tertiary/aromatic N) is 8. The van der Waals surface area contributed by atoms with E-state index in [1.165, 1.54) is 12.7 Å². The van der Waals surface area contributed by atoms with Gasteiger partial charge in [0.15, 0.2) is 0 Å². The molecule has 2 N–H and O–H groups in total. The molecule has 2 aromatic rings. The van der Waals surface area contributed by atoms with Crippen molar-refractivity contribution in [2.75, 3.05) is 10.9 Å². The average Bonchev–Trinajstić information content (AvgIpc) is 3.65. The van der Waals surface area contributed by atoms with Crippen LogP contribution in [0.3, 0.4) is 0 Å². The number of aromatic nitrogens is 6. The summed E-state index contributed by atoms with van der Waals surface area (Å²) in [6.07, 6.45) is 4.02. The van der Waals surface area contributed by atoms with E-state index in [1.807, 2.05) is 13.8 Å². The summed E-state index contributed by atoms with van der Waals surface area (Å²) in [6, 6.07) is -0.798. The summed E-state index contributed by atoms with van der Waals surface area (Å²) in [7, 11) is 0. The Morgan fingerprint density at radius 1 is 0.667 bits per heavy atom. The van der Waals surface area contributed by atoms with Crippen LogP contribution in [0.1, 0.15) is 79.3 Å². The molecule has 0 spiro atoms. The molecule has 2 aromatic heterocycles. The van der Waals surface area contributed by atoms with E-state index in [4.69, 9.17) is 18.9 Å². The lowest BCUT2D eigenvalue weighted by Gasteiger charge is -2.34. The zero-order valence-electron chi connectivity index (χ0n) is 24.0. The monoisotopic (exact) mass is 588 g/mol. The van der Waals surface area contributed by atoms with Crippen LogP contribution in [0, 0.1) is 0 Å². The number of carbonyl (C=O) groups is 4. The van der Waals surface area contributed by atoms with Gasteiger partial charge in [0.1, 0.15) is 12.7 Å². The van der Waals surface area contributed by atoms with Gasteiger partial charge in [-0.05, 0) is 13.8 Å². The number of nitrogens with one attached hydrogen (secondary N) is 2.